The molecular weight excluding hydrogens is 214 g/mol. The van der Waals surface area contributed by atoms with Crippen LogP contribution in [-0.4, -0.2) is 33.7 Å². The lowest BCUT2D eigenvalue weighted by atomic mass is 10.1. The summed E-state index contributed by atoms with van der Waals surface area (Å²) in [4.78, 5) is 4.35. The molecule has 3 rings (SSSR count). The number of nitrogens with zero attached hydrogens (tertiary/aromatic N) is 3. The quantitative estimate of drug-likeness (QED) is 0.832. The molecular formula is C12H17N5. The standard InChI is InChI=1S/C12H17N5/c1-2-10(13-5-1)3-6-14-12-11-4-7-16-17(11)9-8-15-12/h4,7-10,13H,1-3,5-6H2,(H,14,15)/t10-/m1/s1. The van der Waals surface area contributed by atoms with Crippen LogP contribution in [0, 0.1) is 0 Å². The number of aromatic nitrogens is 3. The van der Waals surface area contributed by atoms with E-state index >= 15 is 0 Å². The van der Waals surface area contributed by atoms with Gasteiger partial charge in [0.05, 0.1) is 6.20 Å². The van der Waals surface area contributed by atoms with Crippen LogP contribution >= 0.6 is 0 Å². The van der Waals surface area contributed by atoms with Gasteiger partial charge in [-0.05, 0) is 31.9 Å². The summed E-state index contributed by atoms with van der Waals surface area (Å²) in [6.07, 6.45) is 9.18. The molecule has 2 N–H and O–H groups in total. The van der Waals surface area contributed by atoms with Crippen molar-refractivity contribution in [3.05, 3.63) is 24.7 Å². The van der Waals surface area contributed by atoms with Crippen LogP contribution in [0.5, 0.6) is 0 Å². The second-order valence-corrected chi connectivity index (χ2v) is 4.45. The molecule has 0 aromatic carbocycles. The summed E-state index contributed by atoms with van der Waals surface area (Å²) >= 11 is 0. The first-order valence-corrected chi connectivity index (χ1v) is 6.19. The van der Waals surface area contributed by atoms with Crippen LogP contribution in [-0.2, 0) is 0 Å². The van der Waals surface area contributed by atoms with Gasteiger partial charge in [-0.1, -0.05) is 0 Å². The van der Waals surface area contributed by atoms with Crippen molar-refractivity contribution >= 4 is 11.3 Å². The average molecular weight is 231 g/mol. The predicted molar refractivity (Wildman–Crippen MR) is 67.1 cm³/mol. The van der Waals surface area contributed by atoms with Crippen LogP contribution in [0.15, 0.2) is 24.7 Å². The summed E-state index contributed by atoms with van der Waals surface area (Å²) in [6, 6.07) is 2.65. The Balaban J connectivity index is 1.62. The third-order valence-corrected chi connectivity index (χ3v) is 3.27. The van der Waals surface area contributed by atoms with Gasteiger partial charge in [-0.15, -0.1) is 0 Å². The third-order valence-electron chi connectivity index (χ3n) is 3.27. The molecule has 17 heavy (non-hydrogen) atoms. The summed E-state index contributed by atoms with van der Waals surface area (Å²) in [5.74, 6) is 0.919. The number of nitrogens with one attached hydrogen (secondary N) is 2. The Kier molecular flexibility index (Phi) is 2.92. The molecule has 0 bridgehead atoms. The second kappa shape index (κ2) is 4.71. The topological polar surface area (TPSA) is 54.2 Å². The predicted octanol–water partition coefficient (Wildman–Crippen LogP) is 1.28. The van der Waals surface area contributed by atoms with Gasteiger partial charge in [0.2, 0.25) is 0 Å². The van der Waals surface area contributed by atoms with Gasteiger partial charge < -0.3 is 10.6 Å². The molecule has 0 radical (unpaired) electrons. The highest BCUT2D eigenvalue weighted by molar-refractivity contribution is 5.66. The molecule has 5 nitrogen and oxygen atoms in total. The van der Waals surface area contributed by atoms with Gasteiger partial charge in [0.25, 0.3) is 0 Å². The van der Waals surface area contributed by atoms with Crippen molar-refractivity contribution in [3.8, 4) is 0 Å². The van der Waals surface area contributed by atoms with Crippen molar-refractivity contribution in [2.24, 2.45) is 0 Å². The van der Waals surface area contributed by atoms with E-state index in [4.69, 9.17) is 0 Å². The van der Waals surface area contributed by atoms with Gasteiger partial charge in [-0.3, -0.25) is 0 Å². The first-order chi connectivity index (χ1) is 8.43. The van der Waals surface area contributed by atoms with Crippen molar-refractivity contribution in [2.45, 2.75) is 25.3 Å². The fourth-order valence-corrected chi connectivity index (χ4v) is 2.36. The molecule has 90 valence electrons. The van der Waals surface area contributed by atoms with E-state index in [1.807, 2.05) is 16.8 Å². The minimum absolute atomic E-state index is 0.673. The fraction of sp³-hybridized carbons (Fsp3) is 0.500. The Bertz CT molecular complexity index is 486. The van der Waals surface area contributed by atoms with Gasteiger partial charge in [0, 0.05) is 25.0 Å². The van der Waals surface area contributed by atoms with Gasteiger partial charge in [-0.2, -0.15) is 5.10 Å². The molecule has 5 heteroatoms. The monoisotopic (exact) mass is 231 g/mol. The number of hydrogen-bond donors (Lipinski definition) is 2. The van der Waals surface area contributed by atoms with Gasteiger partial charge in [-0.25, -0.2) is 9.50 Å². The Morgan fingerprint density at radius 1 is 1.47 bits per heavy atom. The lowest BCUT2D eigenvalue weighted by molar-refractivity contribution is 0.574. The van der Waals surface area contributed by atoms with E-state index in [0.29, 0.717) is 6.04 Å². The van der Waals surface area contributed by atoms with Crippen LogP contribution in [0.4, 0.5) is 5.82 Å². The molecule has 0 unspecified atom stereocenters. The average Bonchev–Trinajstić information content (AvgIpc) is 2.99. The lowest BCUT2D eigenvalue weighted by Gasteiger charge is -2.11. The summed E-state index contributed by atoms with van der Waals surface area (Å²) in [7, 11) is 0. The molecule has 0 saturated carbocycles. The van der Waals surface area contributed by atoms with Crippen LogP contribution in [0.25, 0.3) is 5.52 Å². The maximum atomic E-state index is 4.35. The first-order valence-electron chi connectivity index (χ1n) is 6.19. The van der Waals surface area contributed by atoms with Gasteiger partial charge >= 0.3 is 0 Å². The third kappa shape index (κ3) is 2.24. The normalized spacial score (nSPS) is 19.9. The number of anilines is 1. The highest BCUT2D eigenvalue weighted by atomic mass is 15.2. The van der Waals surface area contributed by atoms with Crippen molar-refractivity contribution < 1.29 is 0 Å². The minimum atomic E-state index is 0.673. The number of hydrogen-bond acceptors (Lipinski definition) is 4. The van der Waals surface area contributed by atoms with Crippen LogP contribution in [0.3, 0.4) is 0 Å². The Morgan fingerprint density at radius 3 is 3.35 bits per heavy atom. The highest BCUT2D eigenvalue weighted by Gasteiger charge is 2.13. The fourth-order valence-electron chi connectivity index (χ4n) is 2.36. The molecule has 1 saturated heterocycles. The van der Waals surface area contributed by atoms with E-state index in [-0.39, 0.29) is 0 Å². The minimum Gasteiger partial charge on any atom is -0.368 e. The zero-order valence-corrected chi connectivity index (χ0v) is 9.76. The molecule has 0 spiro atoms. The van der Waals surface area contributed by atoms with E-state index in [0.717, 1.165) is 24.3 Å². The highest BCUT2D eigenvalue weighted by Crippen LogP contribution is 2.13. The largest absolute Gasteiger partial charge is 0.368 e. The Hall–Kier alpha value is -1.62. The molecule has 3 heterocycles. The zero-order valence-electron chi connectivity index (χ0n) is 9.76. The van der Waals surface area contributed by atoms with Crippen LogP contribution < -0.4 is 10.6 Å². The number of fused-ring (bicyclic) bond motifs is 1. The Morgan fingerprint density at radius 2 is 2.47 bits per heavy atom. The number of rotatable bonds is 4. The zero-order chi connectivity index (χ0) is 11.5. The van der Waals surface area contributed by atoms with Crippen molar-refractivity contribution in [2.75, 3.05) is 18.4 Å². The molecule has 1 atom stereocenters. The maximum absolute atomic E-state index is 4.35. The molecule has 0 amide bonds. The summed E-state index contributed by atoms with van der Waals surface area (Å²) < 4.78 is 1.84. The van der Waals surface area contributed by atoms with Crippen molar-refractivity contribution in [3.63, 3.8) is 0 Å². The van der Waals surface area contributed by atoms with Crippen LogP contribution in [0.1, 0.15) is 19.3 Å². The summed E-state index contributed by atoms with van der Waals surface area (Å²) in [5.41, 5.74) is 1.03. The van der Waals surface area contributed by atoms with Crippen LogP contribution in [0.2, 0.25) is 0 Å². The molecule has 2 aromatic heterocycles. The molecule has 0 aliphatic carbocycles. The van der Waals surface area contributed by atoms with E-state index in [1.54, 1.807) is 12.4 Å². The molecule has 1 aliphatic heterocycles. The molecule has 2 aromatic rings. The lowest BCUT2D eigenvalue weighted by Crippen LogP contribution is -2.24. The van der Waals surface area contributed by atoms with E-state index < -0.39 is 0 Å². The van der Waals surface area contributed by atoms with Gasteiger partial charge in [0.15, 0.2) is 5.82 Å². The Labute approximate surface area is 100 Å². The first kappa shape index (κ1) is 10.5. The van der Waals surface area contributed by atoms with E-state index in [1.165, 1.54) is 19.4 Å². The van der Waals surface area contributed by atoms with Crippen molar-refractivity contribution in [1.82, 2.24) is 19.9 Å². The van der Waals surface area contributed by atoms with Crippen molar-refractivity contribution in [1.29, 1.82) is 0 Å². The van der Waals surface area contributed by atoms with E-state index in [9.17, 15) is 0 Å². The molecule has 1 aliphatic rings. The van der Waals surface area contributed by atoms with E-state index in [2.05, 4.69) is 20.7 Å². The summed E-state index contributed by atoms with van der Waals surface area (Å²) in [5, 5.41) is 11.1. The SMILES string of the molecule is c1cn2nccc2c(NCC[C@H]2CCCN2)n1. The van der Waals surface area contributed by atoms with Gasteiger partial charge in [0.1, 0.15) is 5.52 Å². The molecule has 1 fully saturated rings. The maximum Gasteiger partial charge on any atom is 0.152 e. The smallest absolute Gasteiger partial charge is 0.152 e. The second-order valence-electron chi connectivity index (χ2n) is 4.45. The summed E-state index contributed by atoms with van der Waals surface area (Å²) in [6.45, 7) is 2.12.